The van der Waals surface area contributed by atoms with Crippen molar-refractivity contribution in [2.75, 3.05) is 37.9 Å². The molecule has 0 bridgehead atoms. The Morgan fingerprint density at radius 1 is 0.654 bits per heavy atom. The maximum atomic E-state index is 14.1. The van der Waals surface area contributed by atoms with Crippen LogP contribution in [-0.2, 0) is 25.1 Å². The van der Waals surface area contributed by atoms with E-state index in [0.29, 0.717) is 0 Å². The van der Waals surface area contributed by atoms with Crippen molar-refractivity contribution in [1.29, 1.82) is 0 Å². The molecule has 7 N–H and O–H groups in total. The fraction of sp³-hybridized carbons (Fsp3) is 0.957. The number of rotatable bonds is 19. The Morgan fingerprint density at radius 2 is 1.10 bits per heavy atom. The molecule has 0 aliphatic carbocycles. The minimum absolute atomic E-state index is 0.927. The lowest BCUT2D eigenvalue weighted by molar-refractivity contribution is -0.461. The van der Waals surface area contributed by atoms with Gasteiger partial charge in [-0.3, -0.25) is 9.00 Å². The van der Waals surface area contributed by atoms with Gasteiger partial charge in [-0.25, -0.2) is 0 Å². The van der Waals surface area contributed by atoms with Crippen LogP contribution in [0.5, 0.6) is 0 Å². The minimum atomic E-state index is -8.80. The Hall–Kier alpha value is -1.89. The molecule has 0 aromatic heterocycles. The number of halogens is 17. The number of carbonyl (C=O) groups is 1. The Kier molecular flexibility index (Phi) is 14.9. The van der Waals surface area contributed by atoms with Gasteiger partial charge in [0.2, 0.25) is 5.91 Å². The molecule has 1 heterocycles. The Bertz CT molecular complexity index is 1240. The van der Waals surface area contributed by atoms with Crippen LogP contribution in [0.25, 0.3) is 0 Å². The first-order chi connectivity index (χ1) is 23.1. The van der Waals surface area contributed by atoms with Gasteiger partial charge in [0, 0.05) is 35.1 Å². The lowest BCUT2D eigenvalue weighted by atomic mass is 9.88. The van der Waals surface area contributed by atoms with E-state index in [1.54, 1.807) is 0 Å². The first kappa shape index (κ1) is 48.1. The first-order valence-electron chi connectivity index (χ1n) is 13.6. The van der Waals surface area contributed by atoms with E-state index in [9.17, 15) is 114 Å². The molecule has 0 aromatic carbocycles. The second kappa shape index (κ2) is 16.1. The lowest BCUT2D eigenvalue weighted by Crippen LogP contribution is -2.74. The van der Waals surface area contributed by atoms with E-state index >= 15 is 0 Å². The zero-order chi connectivity index (χ0) is 41.3. The van der Waals surface area contributed by atoms with Crippen LogP contribution in [0.4, 0.5) is 74.6 Å². The SMILES string of the molecule is O=C(CCS(=O)CCC(F)(F)C(F)(F)C(F)(F)C(F)(F)C(F)(F)C(F)(F)C(F)(F)C(F)(F)F)NC(CO)(CO)COC1O[C@H](CO)[C@H](O)[C@H](O)[C@H]1O. The van der Waals surface area contributed by atoms with Gasteiger partial charge in [0.25, 0.3) is 0 Å². The molecule has 2 unspecified atom stereocenters. The van der Waals surface area contributed by atoms with E-state index in [0.717, 1.165) is 0 Å². The summed E-state index contributed by atoms with van der Waals surface area (Å²) in [6.45, 7) is -4.44. The number of alkyl halides is 17. The number of carbonyl (C=O) groups excluding carboxylic acids is 1. The van der Waals surface area contributed by atoms with Crippen molar-refractivity contribution in [3.05, 3.63) is 0 Å². The number of nitrogens with one attached hydrogen (secondary N) is 1. The van der Waals surface area contributed by atoms with Crippen LogP contribution in [0.1, 0.15) is 12.8 Å². The van der Waals surface area contributed by atoms with Gasteiger partial charge in [-0.05, 0) is 0 Å². The maximum Gasteiger partial charge on any atom is 0.460 e. The Morgan fingerprint density at radius 3 is 1.52 bits per heavy atom. The van der Waals surface area contributed by atoms with Crippen LogP contribution in [0, 0.1) is 0 Å². The molecule has 0 saturated carbocycles. The number of amides is 1. The van der Waals surface area contributed by atoms with Crippen molar-refractivity contribution < 1.29 is 124 Å². The summed E-state index contributed by atoms with van der Waals surface area (Å²) in [4.78, 5) is 12.3. The summed E-state index contributed by atoms with van der Waals surface area (Å²) < 4.78 is 250. The number of aliphatic hydroxyl groups is 6. The van der Waals surface area contributed by atoms with E-state index in [1.807, 2.05) is 5.32 Å². The minimum Gasteiger partial charge on any atom is -0.394 e. The summed E-state index contributed by atoms with van der Waals surface area (Å²) in [5, 5.41) is 59.8. The zero-order valence-electron chi connectivity index (χ0n) is 25.2. The second-order valence-corrected chi connectivity index (χ2v) is 12.8. The van der Waals surface area contributed by atoms with Crippen molar-refractivity contribution in [2.24, 2.45) is 0 Å². The average Bonchev–Trinajstić information content (AvgIpc) is 3.03. The third-order valence-corrected chi connectivity index (χ3v) is 8.69. The quantitative estimate of drug-likeness (QED) is 0.0934. The third-order valence-electron chi connectivity index (χ3n) is 7.37. The molecule has 1 aliphatic rings. The highest BCUT2D eigenvalue weighted by molar-refractivity contribution is 7.84. The van der Waals surface area contributed by atoms with Crippen LogP contribution in [-0.4, -0.2) is 163 Å². The highest BCUT2D eigenvalue weighted by atomic mass is 32.2. The molecule has 1 saturated heterocycles. The molecule has 1 amide bonds. The fourth-order valence-electron chi connectivity index (χ4n) is 3.97. The second-order valence-electron chi connectivity index (χ2n) is 11.1. The van der Waals surface area contributed by atoms with E-state index < -0.39 is 151 Å². The normalized spacial score (nSPS) is 24.2. The third kappa shape index (κ3) is 8.65. The van der Waals surface area contributed by atoms with Gasteiger partial charge in [-0.2, -0.15) is 74.6 Å². The van der Waals surface area contributed by atoms with Crippen LogP contribution in [0.2, 0.25) is 0 Å². The van der Waals surface area contributed by atoms with Crippen molar-refractivity contribution in [2.45, 2.75) is 96.7 Å². The van der Waals surface area contributed by atoms with E-state index in [4.69, 9.17) is 9.47 Å². The number of aliphatic hydroxyl groups excluding tert-OH is 6. The molecule has 310 valence electrons. The highest BCUT2D eigenvalue weighted by Crippen LogP contribution is 2.64. The topological polar surface area (TPSA) is 186 Å². The summed E-state index contributed by atoms with van der Waals surface area (Å²) in [5.41, 5.74) is -2.27. The maximum absolute atomic E-state index is 14.1. The molecular weight excluding hydrogens is 805 g/mol. The molecular formula is C23H28F17NO10S. The van der Waals surface area contributed by atoms with Crippen LogP contribution in [0.3, 0.4) is 0 Å². The van der Waals surface area contributed by atoms with Gasteiger partial charge < -0.3 is 45.4 Å². The van der Waals surface area contributed by atoms with Crippen LogP contribution < -0.4 is 5.32 Å². The van der Waals surface area contributed by atoms with Gasteiger partial charge in [-0.1, -0.05) is 0 Å². The van der Waals surface area contributed by atoms with Gasteiger partial charge in [0.15, 0.2) is 6.29 Å². The van der Waals surface area contributed by atoms with Crippen molar-refractivity contribution in [3.8, 4) is 0 Å². The van der Waals surface area contributed by atoms with Crippen molar-refractivity contribution in [3.63, 3.8) is 0 Å². The molecule has 1 aliphatic heterocycles. The smallest absolute Gasteiger partial charge is 0.394 e. The van der Waals surface area contributed by atoms with Crippen LogP contribution in [0.15, 0.2) is 0 Å². The summed E-state index contributed by atoms with van der Waals surface area (Å²) in [6.07, 6.45) is -21.3. The fourth-order valence-corrected chi connectivity index (χ4v) is 5.07. The molecule has 0 radical (unpaired) electrons. The van der Waals surface area contributed by atoms with Crippen molar-refractivity contribution in [1.82, 2.24) is 5.32 Å². The molecule has 0 spiro atoms. The van der Waals surface area contributed by atoms with Gasteiger partial charge in [0.05, 0.1) is 26.4 Å². The molecule has 52 heavy (non-hydrogen) atoms. The lowest BCUT2D eigenvalue weighted by Gasteiger charge is -2.42. The van der Waals surface area contributed by atoms with E-state index in [-0.39, 0.29) is 0 Å². The summed E-state index contributed by atoms with van der Waals surface area (Å²) >= 11 is 0. The van der Waals surface area contributed by atoms with Gasteiger partial charge in [-0.15, -0.1) is 0 Å². The summed E-state index contributed by atoms with van der Waals surface area (Å²) in [5.74, 6) is -62.4. The largest absolute Gasteiger partial charge is 0.460 e. The Labute approximate surface area is 281 Å². The number of hydrogen-bond donors (Lipinski definition) is 7. The standard InChI is InChI=1S/C23H28F17NO10S/c24-16(25,17(26,27)18(28,29)19(30,31)20(32,33)21(34,35)22(36,37)23(38,39)40)2-4-52(49)3-1-10(45)41-15(6-43,7-44)8-50-14-13(48)12(47)11(46)9(5-42)51-14/h9,11-14,42-44,46-48H,1-8H2,(H,41,45)/t9-,11+,12+,13-,14?,52?/m1/s1. The predicted octanol–water partition coefficient (Wildman–Crippen LogP) is 1.18. The van der Waals surface area contributed by atoms with Gasteiger partial charge >= 0.3 is 47.6 Å². The average molecular weight is 834 g/mol. The highest BCUT2D eigenvalue weighted by Gasteiger charge is 2.95. The summed E-state index contributed by atoms with van der Waals surface area (Å²) in [6, 6.07) is 0. The molecule has 1 rings (SSSR count). The molecule has 1 fully saturated rings. The first-order valence-corrected chi connectivity index (χ1v) is 15.1. The molecule has 29 heteroatoms. The monoisotopic (exact) mass is 833 g/mol. The summed E-state index contributed by atoms with van der Waals surface area (Å²) in [7, 11) is -3.06. The van der Waals surface area contributed by atoms with Crippen LogP contribution >= 0.6 is 0 Å². The van der Waals surface area contributed by atoms with Gasteiger partial charge in [0.1, 0.15) is 30.0 Å². The van der Waals surface area contributed by atoms with E-state index in [2.05, 4.69) is 0 Å². The van der Waals surface area contributed by atoms with Crippen molar-refractivity contribution >= 4 is 16.7 Å². The van der Waals surface area contributed by atoms with E-state index in [1.165, 1.54) is 0 Å². The molecule has 6 atom stereocenters. The molecule has 0 aromatic rings. The predicted molar refractivity (Wildman–Crippen MR) is 133 cm³/mol. The number of ether oxygens (including phenoxy) is 2. The number of hydrogen-bond acceptors (Lipinski definition) is 10. The Balaban J connectivity index is 3.02. The molecule has 11 nitrogen and oxygen atoms in total. The zero-order valence-corrected chi connectivity index (χ0v) is 26.0.